The van der Waals surface area contributed by atoms with Crippen LogP contribution in [0, 0.1) is 0 Å². The van der Waals surface area contributed by atoms with Crippen LogP contribution in [-0.2, 0) is 13.0 Å². The van der Waals surface area contributed by atoms with Gasteiger partial charge in [-0.2, -0.15) is 0 Å². The molecule has 1 N–H and O–H groups in total. The lowest BCUT2D eigenvalue weighted by molar-refractivity contribution is 0.599. The van der Waals surface area contributed by atoms with Crippen molar-refractivity contribution < 1.29 is 0 Å². The third kappa shape index (κ3) is 1.82. The topological polar surface area (TPSA) is 67.2 Å². The standard InChI is InChI=1S/C10H12ClN3O2/c1-2-3-4-14-8-6(5-7(11)12-8)9(15)13-10(14)16/h2-5H2,1H3,(H,13,15,16). The molecule has 0 amide bonds. The van der Waals surface area contributed by atoms with E-state index in [1.807, 2.05) is 6.92 Å². The predicted molar refractivity (Wildman–Crippen MR) is 62.9 cm³/mol. The summed E-state index contributed by atoms with van der Waals surface area (Å²) >= 11 is 5.79. The maximum absolute atomic E-state index is 11.6. The minimum Gasteiger partial charge on any atom is -0.278 e. The third-order valence-corrected chi connectivity index (χ3v) is 2.77. The molecule has 16 heavy (non-hydrogen) atoms. The van der Waals surface area contributed by atoms with E-state index in [-0.39, 0.29) is 5.56 Å². The summed E-state index contributed by atoms with van der Waals surface area (Å²) in [6.45, 7) is 2.59. The van der Waals surface area contributed by atoms with Gasteiger partial charge >= 0.3 is 5.69 Å². The van der Waals surface area contributed by atoms with E-state index in [0.717, 1.165) is 12.8 Å². The maximum atomic E-state index is 11.6. The monoisotopic (exact) mass is 241 g/mol. The molecule has 0 fully saturated rings. The molecule has 5 nitrogen and oxygen atoms in total. The van der Waals surface area contributed by atoms with Gasteiger partial charge in [-0.25, -0.2) is 9.79 Å². The molecule has 2 heterocycles. The number of aliphatic imine (C=N–C) groups is 1. The molecule has 0 unspecified atom stereocenters. The highest BCUT2D eigenvalue weighted by atomic mass is 35.5. The van der Waals surface area contributed by atoms with Gasteiger partial charge in [0.2, 0.25) is 0 Å². The zero-order chi connectivity index (χ0) is 11.7. The molecule has 1 aromatic rings. The van der Waals surface area contributed by atoms with Crippen LogP contribution in [0.15, 0.2) is 14.6 Å². The number of aromatic nitrogens is 2. The Morgan fingerprint density at radius 1 is 1.50 bits per heavy atom. The van der Waals surface area contributed by atoms with Gasteiger partial charge in [-0.3, -0.25) is 14.3 Å². The fourth-order valence-electron chi connectivity index (χ4n) is 1.71. The fraction of sp³-hybridized carbons (Fsp3) is 0.500. The second kappa shape index (κ2) is 4.25. The van der Waals surface area contributed by atoms with Crippen molar-refractivity contribution in [3.63, 3.8) is 0 Å². The first-order valence-corrected chi connectivity index (χ1v) is 5.60. The van der Waals surface area contributed by atoms with Crippen LogP contribution in [0.25, 0.3) is 0 Å². The maximum Gasteiger partial charge on any atom is 0.329 e. The number of fused-ring (bicyclic) bond motifs is 1. The zero-order valence-corrected chi connectivity index (χ0v) is 9.67. The number of H-pyrrole nitrogens is 1. The number of halogens is 1. The molecule has 0 aliphatic carbocycles. The van der Waals surface area contributed by atoms with E-state index < -0.39 is 5.69 Å². The Balaban J connectivity index is 2.56. The number of aromatic amines is 1. The minimum absolute atomic E-state index is 0.318. The van der Waals surface area contributed by atoms with Gasteiger partial charge in [-0.15, -0.1) is 0 Å². The largest absolute Gasteiger partial charge is 0.329 e. The molecule has 0 aromatic carbocycles. The molecule has 1 aliphatic heterocycles. The van der Waals surface area contributed by atoms with E-state index in [4.69, 9.17) is 11.6 Å². The van der Waals surface area contributed by atoms with E-state index in [0.29, 0.717) is 29.5 Å². The number of rotatable bonds is 3. The SMILES string of the molecule is CCCCn1c2c(c(=O)[nH]c1=O)CC(Cl)=N2. The van der Waals surface area contributed by atoms with E-state index in [1.165, 1.54) is 4.57 Å². The van der Waals surface area contributed by atoms with Crippen molar-refractivity contribution in [1.82, 2.24) is 9.55 Å². The Morgan fingerprint density at radius 3 is 2.94 bits per heavy atom. The molecule has 86 valence electrons. The van der Waals surface area contributed by atoms with E-state index in [2.05, 4.69) is 9.98 Å². The van der Waals surface area contributed by atoms with Crippen LogP contribution in [0.5, 0.6) is 0 Å². The summed E-state index contributed by atoms with van der Waals surface area (Å²) in [5.41, 5.74) is -0.305. The van der Waals surface area contributed by atoms with Crippen LogP contribution < -0.4 is 11.2 Å². The molecule has 2 rings (SSSR count). The quantitative estimate of drug-likeness (QED) is 0.863. The molecule has 0 saturated carbocycles. The second-order valence-electron chi connectivity index (χ2n) is 3.73. The number of unbranched alkanes of at least 4 members (excludes halogenated alkanes) is 1. The van der Waals surface area contributed by atoms with Crippen LogP contribution in [-0.4, -0.2) is 14.7 Å². The summed E-state index contributed by atoms with van der Waals surface area (Å²) in [5, 5.41) is 0.358. The fourth-order valence-corrected chi connectivity index (χ4v) is 1.93. The van der Waals surface area contributed by atoms with Crippen molar-refractivity contribution in [3.05, 3.63) is 26.4 Å². The van der Waals surface area contributed by atoms with Gasteiger partial charge in [-0.1, -0.05) is 24.9 Å². The highest BCUT2D eigenvalue weighted by Crippen LogP contribution is 2.23. The molecular formula is C10H12ClN3O2. The molecule has 1 aromatic heterocycles. The van der Waals surface area contributed by atoms with Gasteiger partial charge in [0.25, 0.3) is 5.56 Å². The van der Waals surface area contributed by atoms with Crippen LogP contribution in [0.4, 0.5) is 5.82 Å². The number of nitrogens with one attached hydrogen (secondary N) is 1. The van der Waals surface area contributed by atoms with Crippen molar-refractivity contribution in [2.45, 2.75) is 32.7 Å². The van der Waals surface area contributed by atoms with Crippen molar-refractivity contribution >= 4 is 22.6 Å². The molecule has 0 atom stereocenters. The van der Waals surface area contributed by atoms with Gasteiger partial charge in [0.1, 0.15) is 11.0 Å². The number of hydrogen-bond donors (Lipinski definition) is 1. The number of nitrogens with zero attached hydrogens (tertiary/aromatic N) is 2. The van der Waals surface area contributed by atoms with Crippen LogP contribution in [0.3, 0.4) is 0 Å². The molecule has 0 spiro atoms. The van der Waals surface area contributed by atoms with Crippen LogP contribution in [0.2, 0.25) is 0 Å². The van der Waals surface area contributed by atoms with Crippen LogP contribution >= 0.6 is 11.6 Å². The van der Waals surface area contributed by atoms with E-state index in [9.17, 15) is 9.59 Å². The second-order valence-corrected chi connectivity index (χ2v) is 4.17. The molecule has 6 heteroatoms. The Kier molecular flexibility index (Phi) is 2.96. The van der Waals surface area contributed by atoms with Gasteiger partial charge in [0.15, 0.2) is 0 Å². The lowest BCUT2D eigenvalue weighted by Crippen LogP contribution is -2.31. The first kappa shape index (κ1) is 11.1. The molecule has 0 saturated heterocycles. The van der Waals surface area contributed by atoms with Crippen molar-refractivity contribution in [2.75, 3.05) is 0 Å². The van der Waals surface area contributed by atoms with Crippen LogP contribution in [0.1, 0.15) is 25.3 Å². The average molecular weight is 242 g/mol. The highest BCUT2D eigenvalue weighted by molar-refractivity contribution is 6.66. The normalized spacial score (nSPS) is 13.8. The summed E-state index contributed by atoms with van der Waals surface area (Å²) in [6, 6.07) is 0. The number of hydrogen-bond acceptors (Lipinski definition) is 3. The first-order valence-electron chi connectivity index (χ1n) is 5.22. The molecule has 1 aliphatic rings. The highest BCUT2D eigenvalue weighted by Gasteiger charge is 2.21. The Hall–Kier alpha value is -1.36. The van der Waals surface area contributed by atoms with Crippen molar-refractivity contribution in [1.29, 1.82) is 0 Å². The van der Waals surface area contributed by atoms with E-state index >= 15 is 0 Å². The lowest BCUT2D eigenvalue weighted by atomic mass is 10.2. The van der Waals surface area contributed by atoms with Gasteiger partial charge in [0.05, 0.1) is 5.56 Å². The summed E-state index contributed by atoms with van der Waals surface area (Å²) < 4.78 is 1.48. The van der Waals surface area contributed by atoms with Crippen molar-refractivity contribution in [2.24, 2.45) is 4.99 Å². The molecule has 0 radical (unpaired) electrons. The molecule has 0 bridgehead atoms. The van der Waals surface area contributed by atoms with Gasteiger partial charge in [-0.05, 0) is 6.42 Å². The smallest absolute Gasteiger partial charge is 0.278 e. The summed E-state index contributed by atoms with van der Waals surface area (Å²) in [7, 11) is 0. The summed E-state index contributed by atoms with van der Waals surface area (Å²) in [5.74, 6) is 0.423. The lowest BCUT2D eigenvalue weighted by Gasteiger charge is -2.07. The average Bonchev–Trinajstić information content (AvgIpc) is 2.60. The molecular weight excluding hydrogens is 230 g/mol. The van der Waals surface area contributed by atoms with Crippen molar-refractivity contribution in [3.8, 4) is 0 Å². The summed E-state index contributed by atoms with van der Waals surface area (Å²) in [6.07, 6.45) is 2.15. The van der Waals surface area contributed by atoms with Gasteiger partial charge in [0, 0.05) is 13.0 Å². The van der Waals surface area contributed by atoms with E-state index in [1.54, 1.807) is 0 Å². The summed E-state index contributed by atoms with van der Waals surface area (Å²) in [4.78, 5) is 29.5. The first-order chi connectivity index (χ1) is 7.63. The van der Waals surface area contributed by atoms with Gasteiger partial charge < -0.3 is 0 Å². The Bertz CT molecular complexity index is 556. The Morgan fingerprint density at radius 2 is 2.25 bits per heavy atom. The predicted octanol–water partition coefficient (Wildman–Crippen LogP) is 1.16. The third-order valence-electron chi connectivity index (χ3n) is 2.55. The zero-order valence-electron chi connectivity index (χ0n) is 8.92. The Labute approximate surface area is 96.8 Å². The minimum atomic E-state index is -0.410.